The number of carbonyl (C=O) groups excluding carboxylic acids is 1. The van der Waals surface area contributed by atoms with E-state index in [4.69, 9.17) is 0 Å². The summed E-state index contributed by atoms with van der Waals surface area (Å²) < 4.78 is 0. The molecule has 4 heterocycles. The molecule has 1 amide bonds. The van der Waals surface area contributed by atoms with Crippen molar-refractivity contribution in [2.75, 3.05) is 26.2 Å². The molecule has 0 aliphatic carbocycles. The van der Waals surface area contributed by atoms with Crippen LogP contribution in [0.5, 0.6) is 0 Å². The Bertz CT molecular complexity index is 273. The van der Waals surface area contributed by atoms with E-state index in [0.29, 0.717) is 6.04 Å². The summed E-state index contributed by atoms with van der Waals surface area (Å²) in [5.41, 5.74) is 0. The van der Waals surface area contributed by atoms with Gasteiger partial charge >= 0.3 is 0 Å². The highest BCUT2D eigenvalue weighted by molar-refractivity contribution is 5.82. The lowest BCUT2D eigenvalue weighted by atomic mass is 9.83. The molecule has 0 aromatic rings. The Labute approximate surface area is 96.8 Å². The molecule has 0 aromatic heterocycles. The predicted octanol–water partition coefficient (Wildman–Crippen LogP) is -0.0512. The number of nitrogens with zero attached hydrogens (tertiary/aromatic N) is 1. The van der Waals surface area contributed by atoms with E-state index in [1.807, 2.05) is 0 Å². The van der Waals surface area contributed by atoms with Crippen molar-refractivity contribution in [1.82, 2.24) is 15.5 Å². The molecule has 4 aliphatic rings. The quantitative estimate of drug-likeness (QED) is 0.690. The Morgan fingerprint density at radius 2 is 2.06 bits per heavy atom. The Morgan fingerprint density at radius 3 is 2.69 bits per heavy atom. The molecular formula is C12H21N3O. The second-order valence-electron chi connectivity index (χ2n) is 5.40. The summed E-state index contributed by atoms with van der Waals surface area (Å²) >= 11 is 0. The summed E-state index contributed by atoms with van der Waals surface area (Å²) in [6.45, 7) is 4.53. The zero-order valence-corrected chi connectivity index (χ0v) is 9.74. The summed E-state index contributed by atoms with van der Waals surface area (Å²) in [5, 5.41) is 6.54. The summed E-state index contributed by atoms with van der Waals surface area (Å²) in [7, 11) is 0. The Morgan fingerprint density at radius 1 is 1.25 bits per heavy atom. The fourth-order valence-electron chi connectivity index (χ4n) is 3.34. The van der Waals surface area contributed by atoms with Crippen LogP contribution in [0.2, 0.25) is 0 Å². The summed E-state index contributed by atoms with van der Waals surface area (Å²) in [6.07, 6.45) is 4.75. The molecule has 4 saturated heterocycles. The molecule has 0 spiro atoms. The third-order valence-corrected chi connectivity index (χ3v) is 4.36. The van der Waals surface area contributed by atoms with Gasteiger partial charge in [-0.3, -0.25) is 4.79 Å². The average molecular weight is 223 g/mol. The maximum absolute atomic E-state index is 11.7. The van der Waals surface area contributed by atoms with E-state index in [-0.39, 0.29) is 11.9 Å². The molecule has 2 unspecified atom stereocenters. The van der Waals surface area contributed by atoms with Crippen LogP contribution in [0.15, 0.2) is 0 Å². The number of rotatable bonds is 2. The van der Waals surface area contributed by atoms with Crippen molar-refractivity contribution in [3.63, 3.8) is 0 Å². The van der Waals surface area contributed by atoms with E-state index >= 15 is 0 Å². The Kier molecular flexibility index (Phi) is 2.86. The van der Waals surface area contributed by atoms with Gasteiger partial charge in [-0.15, -0.1) is 0 Å². The van der Waals surface area contributed by atoms with E-state index in [9.17, 15) is 4.79 Å². The smallest absolute Gasteiger partial charge is 0.237 e. The van der Waals surface area contributed by atoms with Crippen molar-refractivity contribution in [3.05, 3.63) is 0 Å². The van der Waals surface area contributed by atoms with Crippen LogP contribution in [0.3, 0.4) is 0 Å². The number of hydrogen-bond acceptors (Lipinski definition) is 3. The Hall–Kier alpha value is -0.610. The van der Waals surface area contributed by atoms with Crippen molar-refractivity contribution in [3.8, 4) is 0 Å². The monoisotopic (exact) mass is 223 g/mol. The lowest BCUT2D eigenvalue weighted by molar-refractivity contribution is -0.125. The van der Waals surface area contributed by atoms with E-state index in [2.05, 4.69) is 15.5 Å². The van der Waals surface area contributed by atoms with Crippen molar-refractivity contribution in [1.29, 1.82) is 0 Å². The maximum Gasteiger partial charge on any atom is 0.237 e. The third kappa shape index (κ3) is 1.96. The first-order chi connectivity index (χ1) is 7.83. The van der Waals surface area contributed by atoms with Crippen LogP contribution >= 0.6 is 0 Å². The zero-order chi connectivity index (χ0) is 11.0. The molecule has 2 atom stereocenters. The van der Waals surface area contributed by atoms with Gasteiger partial charge in [-0.2, -0.15) is 0 Å². The maximum atomic E-state index is 11.7. The van der Waals surface area contributed by atoms with Crippen molar-refractivity contribution < 1.29 is 4.79 Å². The highest BCUT2D eigenvalue weighted by Gasteiger charge is 2.36. The van der Waals surface area contributed by atoms with Crippen LogP contribution in [-0.4, -0.2) is 49.1 Å². The van der Waals surface area contributed by atoms with Gasteiger partial charge in [0, 0.05) is 19.1 Å². The normalized spacial score (nSPS) is 43.1. The van der Waals surface area contributed by atoms with Gasteiger partial charge in [0.2, 0.25) is 5.91 Å². The predicted molar refractivity (Wildman–Crippen MR) is 62.1 cm³/mol. The number of amides is 1. The lowest BCUT2D eigenvalue weighted by Crippen LogP contribution is -2.61. The molecule has 2 N–H and O–H groups in total. The van der Waals surface area contributed by atoms with Crippen LogP contribution in [-0.2, 0) is 4.79 Å². The SMILES string of the molecule is O=C1NCCCC1NC1CN2CCC1CC2. The van der Waals surface area contributed by atoms with E-state index < -0.39 is 0 Å². The largest absolute Gasteiger partial charge is 0.355 e. The molecule has 4 rings (SSSR count). The standard InChI is InChI=1S/C12H21N3O/c16-12-10(2-1-5-13-12)14-11-8-15-6-3-9(11)4-7-15/h9-11,14H,1-8H2,(H,13,16). The Balaban J connectivity index is 1.59. The minimum absolute atomic E-state index is 0.0688. The molecule has 4 fully saturated rings. The summed E-state index contributed by atoms with van der Waals surface area (Å²) in [4.78, 5) is 14.2. The van der Waals surface area contributed by atoms with Gasteiger partial charge in [-0.05, 0) is 44.7 Å². The average Bonchev–Trinajstić information content (AvgIpc) is 2.34. The molecule has 4 heteroatoms. The van der Waals surface area contributed by atoms with Crippen molar-refractivity contribution >= 4 is 5.91 Å². The number of nitrogens with one attached hydrogen (secondary N) is 2. The van der Waals surface area contributed by atoms with Crippen molar-refractivity contribution in [2.24, 2.45) is 5.92 Å². The second kappa shape index (κ2) is 4.34. The van der Waals surface area contributed by atoms with Gasteiger partial charge in [0.15, 0.2) is 0 Å². The van der Waals surface area contributed by atoms with Gasteiger partial charge in [0.1, 0.15) is 0 Å². The topological polar surface area (TPSA) is 44.4 Å². The third-order valence-electron chi connectivity index (χ3n) is 4.36. The number of carbonyl (C=O) groups is 1. The van der Waals surface area contributed by atoms with Crippen LogP contribution in [0, 0.1) is 5.92 Å². The van der Waals surface area contributed by atoms with Crippen LogP contribution in [0.1, 0.15) is 25.7 Å². The van der Waals surface area contributed by atoms with Crippen LogP contribution in [0.25, 0.3) is 0 Å². The van der Waals surface area contributed by atoms with Gasteiger partial charge in [0.25, 0.3) is 0 Å². The van der Waals surface area contributed by atoms with Gasteiger partial charge in [-0.1, -0.05) is 0 Å². The highest BCUT2D eigenvalue weighted by Crippen LogP contribution is 2.28. The number of piperidine rings is 4. The van der Waals surface area contributed by atoms with Crippen molar-refractivity contribution in [2.45, 2.75) is 37.8 Å². The molecule has 16 heavy (non-hydrogen) atoms. The zero-order valence-electron chi connectivity index (χ0n) is 9.74. The van der Waals surface area contributed by atoms with Crippen LogP contribution in [0.4, 0.5) is 0 Å². The molecule has 0 radical (unpaired) electrons. The van der Waals surface area contributed by atoms with Gasteiger partial charge < -0.3 is 15.5 Å². The first kappa shape index (κ1) is 10.5. The van der Waals surface area contributed by atoms with Gasteiger partial charge in [-0.25, -0.2) is 0 Å². The number of fused-ring (bicyclic) bond motifs is 3. The minimum Gasteiger partial charge on any atom is -0.355 e. The molecule has 90 valence electrons. The minimum atomic E-state index is 0.0688. The number of hydrogen-bond donors (Lipinski definition) is 2. The lowest BCUT2D eigenvalue weighted by Gasteiger charge is -2.46. The van der Waals surface area contributed by atoms with Gasteiger partial charge in [0.05, 0.1) is 6.04 Å². The highest BCUT2D eigenvalue weighted by atomic mass is 16.2. The van der Waals surface area contributed by atoms with Crippen LogP contribution < -0.4 is 10.6 Å². The molecule has 0 aromatic carbocycles. The fraction of sp³-hybridized carbons (Fsp3) is 0.917. The summed E-state index contributed by atoms with van der Waals surface area (Å²) in [6, 6.07) is 0.621. The van der Waals surface area contributed by atoms with E-state index in [0.717, 1.165) is 31.8 Å². The molecule has 0 saturated carbocycles. The first-order valence-corrected chi connectivity index (χ1v) is 6.59. The molecular weight excluding hydrogens is 202 g/mol. The van der Waals surface area contributed by atoms with E-state index in [1.54, 1.807) is 0 Å². The fourth-order valence-corrected chi connectivity index (χ4v) is 3.34. The molecule has 2 bridgehead atoms. The summed E-state index contributed by atoms with van der Waals surface area (Å²) in [5.74, 6) is 1.02. The first-order valence-electron chi connectivity index (χ1n) is 6.59. The second-order valence-corrected chi connectivity index (χ2v) is 5.40. The van der Waals surface area contributed by atoms with E-state index in [1.165, 1.54) is 25.9 Å². The molecule has 4 nitrogen and oxygen atoms in total. The molecule has 4 aliphatic heterocycles.